The third kappa shape index (κ3) is 4.49. The summed E-state index contributed by atoms with van der Waals surface area (Å²) < 4.78 is 0.731. The molecule has 0 aliphatic heterocycles. The Kier molecular flexibility index (Phi) is 5.81. The van der Waals surface area contributed by atoms with Crippen LogP contribution in [0.1, 0.15) is 32.1 Å². The van der Waals surface area contributed by atoms with Gasteiger partial charge in [0.05, 0.1) is 28.0 Å². The molecule has 0 atom stereocenters. The van der Waals surface area contributed by atoms with Crippen molar-refractivity contribution in [1.29, 1.82) is 0 Å². The van der Waals surface area contributed by atoms with E-state index in [0.717, 1.165) is 21.4 Å². The summed E-state index contributed by atoms with van der Waals surface area (Å²) in [6, 6.07) is 12.4. The summed E-state index contributed by atoms with van der Waals surface area (Å²) >= 11 is 3.35. The molecule has 2 amide bonds. The first-order chi connectivity index (χ1) is 13.0. The smallest absolute Gasteiger partial charge is 0.252 e. The average Bonchev–Trinajstić information content (AvgIpc) is 2.65. The number of nitrogens with one attached hydrogen (secondary N) is 2. The fourth-order valence-corrected chi connectivity index (χ4v) is 3.03. The van der Waals surface area contributed by atoms with E-state index in [2.05, 4.69) is 36.5 Å². The molecule has 0 spiro atoms. The van der Waals surface area contributed by atoms with Crippen molar-refractivity contribution >= 4 is 38.8 Å². The van der Waals surface area contributed by atoms with E-state index >= 15 is 0 Å². The van der Waals surface area contributed by atoms with Gasteiger partial charge in [-0.2, -0.15) is 0 Å². The Morgan fingerprint density at radius 3 is 2.22 bits per heavy atom. The van der Waals surface area contributed by atoms with E-state index in [1.165, 1.54) is 0 Å². The Balaban J connectivity index is 1.56. The molecule has 2 aromatic carbocycles. The van der Waals surface area contributed by atoms with Gasteiger partial charge in [0.15, 0.2) is 0 Å². The molecule has 0 saturated heterocycles. The molecule has 3 rings (SSSR count). The molecule has 0 aliphatic rings. The van der Waals surface area contributed by atoms with Crippen molar-refractivity contribution in [2.45, 2.75) is 13.8 Å². The zero-order valence-corrected chi connectivity index (χ0v) is 16.6. The molecule has 27 heavy (non-hydrogen) atoms. The van der Waals surface area contributed by atoms with Gasteiger partial charge in [-0.3, -0.25) is 9.59 Å². The maximum absolute atomic E-state index is 12.3. The van der Waals surface area contributed by atoms with Crippen LogP contribution in [0, 0.1) is 13.8 Å². The Morgan fingerprint density at radius 2 is 1.52 bits per heavy atom. The second-order valence-electron chi connectivity index (χ2n) is 6.09. The van der Waals surface area contributed by atoms with Gasteiger partial charge in [-0.1, -0.05) is 12.1 Å². The van der Waals surface area contributed by atoms with Crippen LogP contribution in [0.2, 0.25) is 0 Å². The molecule has 0 fully saturated rings. The van der Waals surface area contributed by atoms with Crippen LogP contribution in [0.4, 0.5) is 0 Å². The maximum Gasteiger partial charge on any atom is 0.252 e. The van der Waals surface area contributed by atoms with Crippen LogP contribution in [0.25, 0.3) is 11.0 Å². The molecule has 0 bridgehead atoms. The highest BCUT2D eigenvalue weighted by molar-refractivity contribution is 9.10. The number of halogens is 1. The van der Waals surface area contributed by atoms with Crippen LogP contribution in [0.3, 0.4) is 0 Å². The average molecular weight is 427 g/mol. The summed E-state index contributed by atoms with van der Waals surface area (Å²) in [7, 11) is 0. The van der Waals surface area contributed by atoms with E-state index in [-0.39, 0.29) is 11.8 Å². The molecule has 0 radical (unpaired) electrons. The van der Waals surface area contributed by atoms with Crippen molar-refractivity contribution < 1.29 is 9.59 Å². The predicted octanol–water partition coefficient (Wildman–Crippen LogP) is 3.17. The van der Waals surface area contributed by atoms with Crippen LogP contribution in [0.15, 0.2) is 46.9 Å². The standard InChI is InChI=1S/C20H19BrN4O2/c1-12-13(2)25-18-11-14(7-8-17(18)24-12)19(26)22-9-10-23-20(27)15-5-3-4-6-16(15)21/h3-8,11H,9-10H2,1-2H3,(H,22,26)(H,23,27). The number of nitrogens with zero attached hydrogens (tertiary/aromatic N) is 2. The van der Waals surface area contributed by atoms with Crippen molar-refractivity contribution in [3.05, 3.63) is 69.5 Å². The first-order valence-corrected chi connectivity index (χ1v) is 9.31. The summed E-state index contributed by atoms with van der Waals surface area (Å²) in [4.78, 5) is 33.4. The Bertz CT molecular complexity index is 1020. The number of hydrogen-bond donors (Lipinski definition) is 2. The number of hydrogen-bond acceptors (Lipinski definition) is 4. The van der Waals surface area contributed by atoms with Crippen molar-refractivity contribution in [3.63, 3.8) is 0 Å². The summed E-state index contributed by atoms with van der Waals surface area (Å²) in [5.41, 5.74) is 4.23. The number of fused-ring (bicyclic) bond motifs is 1. The lowest BCUT2D eigenvalue weighted by Gasteiger charge is -2.09. The molecule has 138 valence electrons. The topological polar surface area (TPSA) is 84.0 Å². The number of amides is 2. The van der Waals surface area contributed by atoms with Crippen LogP contribution in [0.5, 0.6) is 0 Å². The highest BCUT2D eigenvalue weighted by Gasteiger charge is 2.10. The lowest BCUT2D eigenvalue weighted by Crippen LogP contribution is -2.34. The number of benzene rings is 2. The minimum absolute atomic E-state index is 0.191. The largest absolute Gasteiger partial charge is 0.350 e. The monoisotopic (exact) mass is 426 g/mol. The number of carbonyl (C=O) groups is 2. The molecular formula is C20H19BrN4O2. The van der Waals surface area contributed by atoms with Gasteiger partial charge in [0.25, 0.3) is 11.8 Å². The summed E-state index contributed by atoms with van der Waals surface area (Å²) in [6.45, 7) is 4.45. The number of carbonyl (C=O) groups excluding carboxylic acids is 2. The van der Waals surface area contributed by atoms with Crippen molar-refractivity contribution in [3.8, 4) is 0 Å². The van der Waals surface area contributed by atoms with Gasteiger partial charge in [0.2, 0.25) is 0 Å². The van der Waals surface area contributed by atoms with Gasteiger partial charge in [-0.15, -0.1) is 0 Å². The molecule has 0 aliphatic carbocycles. The highest BCUT2D eigenvalue weighted by atomic mass is 79.9. The van der Waals surface area contributed by atoms with Crippen LogP contribution in [-0.4, -0.2) is 34.9 Å². The van der Waals surface area contributed by atoms with E-state index < -0.39 is 0 Å². The van der Waals surface area contributed by atoms with Crippen LogP contribution >= 0.6 is 15.9 Å². The lowest BCUT2D eigenvalue weighted by molar-refractivity contribution is 0.0927. The van der Waals surface area contributed by atoms with Gasteiger partial charge in [0.1, 0.15) is 0 Å². The second-order valence-corrected chi connectivity index (χ2v) is 6.94. The predicted molar refractivity (Wildman–Crippen MR) is 108 cm³/mol. The lowest BCUT2D eigenvalue weighted by atomic mass is 10.1. The first-order valence-electron chi connectivity index (χ1n) is 8.51. The minimum Gasteiger partial charge on any atom is -0.350 e. The van der Waals surface area contributed by atoms with Gasteiger partial charge < -0.3 is 10.6 Å². The van der Waals surface area contributed by atoms with Gasteiger partial charge >= 0.3 is 0 Å². The molecule has 6 nitrogen and oxygen atoms in total. The van der Waals surface area contributed by atoms with Crippen molar-refractivity contribution in [2.75, 3.05) is 13.1 Å². The quantitative estimate of drug-likeness (QED) is 0.613. The Labute approximate surface area is 165 Å². The van der Waals surface area contributed by atoms with Gasteiger partial charge in [-0.05, 0) is 60.1 Å². The molecule has 0 saturated carbocycles. The van der Waals surface area contributed by atoms with E-state index in [1.807, 2.05) is 26.0 Å². The Hall–Kier alpha value is -2.80. The van der Waals surface area contributed by atoms with Crippen LogP contribution in [-0.2, 0) is 0 Å². The molecule has 2 N–H and O–H groups in total. The van der Waals surface area contributed by atoms with E-state index in [1.54, 1.807) is 30.3 Å². The molecular weight excluding hydrogens is 408 g/mol. The third-order valence-electron chi connectivity index (χ3n) is 4.15. The number of aryl methyl sites for hydroxylation is 2. The van der Waals surface area contributed by atoms with E-state index in [4.69, 9.17) is 0 Å². The van der Waals surface area contributed by atoms with Gasteiger partial charge in [0, 0.05) is 23.1 Å². The second kappa shape index (κ2) is 8.26. The summed E-state index contributed by atoms with van der Waals surface area (Å²) in [5, 5.41) is 5.58. The zero-order chi connectivity index (χ0) is 19.4. The summed E-state index contributed by atoms with van der Waals surface area (Å²) in [5.74, 6) is -0.407. The fourth-order valence-electron chi connectivity index (χ4n) is 2.57. The third-order valence-corrected chi connectivity index (χ3v) is 4.84. The number of rotatable bonds is 5. The number of aromatic nitrogens is 2. The molecule has 1 heterocycles. The first kappa shape index (κ1) is 19.0. The Morgan fingerprint density at radius 1 is 0.889 bits per heavy atom. The van der Waals surface area contributed by atoms with Crippen molar-refractivity contribution in [2.24, 2.45) is 0 Å². The van der Waals surface area contributed by atoms with E-state index in [9.17, 15) is 9.59 Å². The fraction of sp³-hybridized carbons (Fsp3) is 0.200. The highest BCUT2D eigenvalue weighted by Crippen LogP contribution is 2.16. The molecule has 0 unspecified atom stereocenters. The van der Waals surface area contributed by atoms with Crippen LogP contribution < -0.4 is 10.6 Å². The van der Waals surface area contributed by atoms with Crippen molar-refractivity contribution in [1.82, 2.24) is 20.6 Å². The van der Waals surface area contributed by atoms with Gasteiger partial charge in [-0.25, -0.2) is 9.97 Å². The molecule has 1 aromatic heterocycles. The zero-order valence-electron chi connectivity index (χ0n) is 15.0. The molecule has 7 heteroatoms. The normalized spacial score (nSPS) is 10.6. The molecule has 3 aromatic rings. The maximum atomic E-state index is 12.3. The minimum atomic E-state index is -0.216. The van der Waals surface area contributed by atoms with E-state index in [0.29, 0.717) is 29.7 Å². The summed E-state index contributed by atoms with van der Waals surface area (Å²) in [6.07, 6.45) is 0. The SMILES string of the molecule is Cc1nc2ccc(C(=O)NCCNC(=O)c3ccccc3Br)cc2nc1C.